The number of anilines is 1. The van der Waals surface area contributed by atoms with E-state index in [1.54, 1.807) is 36.4 Å². The van der Waals surface area contributed by atoms with Crippen LogP contribution in [0.1, 0.15) is 28.8 Å². The molecule has 0 saturated heterocycles. The Bertz CT molecular complexity index is 734. The Balaban J connectivity index is 1.74. The van der Waals surface area contributed by atoms with Crippen molar-refractivity contribution in [3.63, 3.8) is 0 Å². The van der Waals surface area contributed by atoms with Crippen molar-refractivity contribution < 1.29 is 14.3 Å². The summed E-state index contributed by atoms with van der Waals surface area (Å²) in [5.41, 5.74) is 1.61. The first-order valence-corrected chi connectivity index (χ1v) is 7.69. The fourth-order valence-corrected chi connectivity index (χ4v) is 2.72. The molecule has 1 saturated carbocycles. The highest BCUT2D eigenvalue weighted by atomic mass is 35.5. The van der Waals surface area contributed by atoms with Crippen molar-refractivity contribution in [2.24, 2.45) is 0 Å². The van der Waals surface area contributed by atoms with E-state index in [0.29, 0.717) is 16.3 Å². The van der Waals surface area contributed by atoms with Gasteiger partial charge in [0.05, 0.1) is 18.1 Å². The molecule has 0 atom stereocenters. The standard InChI is InChI=1S/C18H16ClNO3/c1-23-16(21)12-2-8-15(9-3-12)20-17(22)18(10-11-18)13-4-6-14(19)7-5-13/h2-9H,10-11H2,1H3,(H,20,22). The second kappa shape index (κ2) is 6.05. The SMILES string of the molecule is COC(=O)c1ccc(NC(=O)C2(c3ccc(Cl)cc3)CC2)cc1. The quantitative estimate of drug-likeness (QED) is 0.868. The molecule has 3 rings (SSSR count). The number of methoxy groups -OCH3 is 1. The molecule has 5 heteroatoms. The third kappa shape index (κ3) is 3.08. The van der Waals surface area contributed by atoms with Gasteiger partial charge in [0.25, 0.3) is 0 Å². The number of benzene rings is 2. The smallest absolute Gasteiger partial charge is 0.337 e. The molecule has 2 aromatic carbocycles. The highest BCUT2D eigenvalue weighted by Crippen LogP contribution is 2.49. The second-order valence-electron chi connectivity index (χ2n) is 5.61. The molecule has 1 aliphatic carbocycles. The summed E-state index contributed by atoms with van der Waals surface area (Å²) in [4.78, 5) is 24.0. The monoisotopic (exact) mass is 329 g/mol. The fourth-order valence-electron chi connectivity index (χ4n) is 2.60. The minimum atomic E-state index is -0.467. The fraction of sp³-hybridized carbons (Fsp3) is 0.222. The van der Waals surface area contributed by atoms with Gasteiger partial charge in [-0.15, -0.1) is 0 Å². The third-order valence-corrected chi connectivity index (χ3v) is 4.40. The van der Waals surface area contributed by atoms with E-state index in [0.717, 1.165) is 18.4 Å². The van der Waals surface area contributed by atoms with E-state index in [9.17, 15) is 9.59 Å². The largest absolute Gasteiger partial charge is 0.465 e. The van der Waals surface area contributed by atoms with E-state index in [-0.39, 0.29) is 5.91 Å². The predicted octanol–water partition coefficient (Wildman–Crippen LogP) is 3.80. The summed E-state index contributed by atoms with van der Waals surface area (Å²) in [5, 5.41) is 3.57. The van der Waals surface area contributed by atoms with Crippen molar-refractivity contribution in [3.05, 3.63) is 64.7 Å². The van der Waals surface area contributed by atoms with Gasteiger partial charge >= 0.3 is 5.97 Å². The van der Waals surface area contributed by atoms with Crippen LogP contribution in [-0.4, -0.2) is 19.0 Å². The van der Waals surface area contributed by atoms with Crippen molar-refractivity contribution in [1.29, 1.82) is 0 Å². The minimum absolute atomic E-state index is 0.0364. The molecular formula is C18H16ClNO3. The van der Waals surface area contributed by atoms with Crippen LogP contribution in [0.15, 0.2) is 48.5 Å². The molecule has 1 N–H and O–H groups in total. The molecule has 1 fully saturated rings. The molecule has 0 radical (unpaired) electrons. The Hall–Kier alpha value is -2.33. The number of esters is 1. The number of nitrogens with one attached hydrogen (secondary N) is 1. The molecular weight excluding hydrogens is 314 g/mol. The van der Waals surface area contributed by atoms with Gasteiger partial charge in [0.2, 0.25) is 5.91 Å². The highest BCUT2D eigenvalue weighted by molar-refractivity contribution is 6.30. The lowest BCUT2D eigenvalue weighted by Crippen LogP contribution is -2.27. The lowest BCUT2D eigenvalue weighted by atomic mass is 9.95. The summed E-state index contributed by atoms with van der Waals surface area (Å²) in [5.74, 6) is -0.437. The highest BCUT2D eigenvalue weighted by Gasteiger charge is 2.51. The number of halogens is 1. The molecule has 0 heterocycles. The van der Waals surface area contributed by atoms with Crippen LogP contribution >= 0.6 is 11.6 Å². The third-order valence-electron chi connectivity index (χ3n) is 4.15. The summed E-state index contributed by atoms with van der Waals surface area (Å²) in [6, 6.07) is 14.0. The molecule has 4 nitrogen and oxygen atoms in total. The summed E-state index contributed by atoms with van der Waals surface area (Å²) in [6.45, 7) is 0. The summed E-state index contributed by atoms with van der Waals surface area (Å²) < 4.78 is 4.65. The second-order valence-corrected chi connectivity index (χ2v) is 6.05. The van der Waals surface area contributed by atoms with Gasteiger partial charge < -0.3 is 10.1 Å². The Morgan fingerprint density at radius 2 is 1.65 bits per heavy atom. The van der Waals surface area contributed by atoms with Crippen LogP contribution in [0, 0.1) is 0 Å². The zero-order valence-corrected chi connectivity index (χ0v) is 13.4. The molecule has 0 bridgehead atoms. The normalized spacial score (nSPS) is 14.9. The average molecular weight is 330 g/mol. The number of rotatable bonds is 4. The number of carbonyl (C=O) groups excluding carboxylic acids is 2. The van der Waals surface area contributed by atoms with Crippen LogP contribution in [-0.2, 0) is 14.9 Å². The van der Waals surface area contributed by atoms with Gasteiger partial charge in [0.1, 0.15) is 0 Å². The molecule has 2 aromatic rings. The van der Waals surface area contributed by atoms with E-state index in [1.165, 1.54) is 7.11 Å². The van der Waals surface area contributed by atoms with Crippen molar-refractivity contribution >= 4 is 29.2 Å². The number of carbonyl (C=O) groups is 2. The van der Waals surface area contributed by atoms with Crippen molar-refractivity contribution in [2.45, 2.75) is 18.3 Å². The van der Waals surface area contributed by atoms with Crippen molar-refractivity contribution in [2.75, 3.05) is 12.4 Å². The minimum Gasteiger partial charge on any atom is -0.465 e. The predicted molar refractivity (Wildman–Crippen MR) is 88.8 cm³/mol. The Kier molecular flexibility index (Phi) is 4.09. The number of amides is 1. The molecule has 0 aliphatic heterocycles. The molecule has 0 aromatic heterocycles. The van der Waals surface area contributed by atoms with Crippen molar-refractivity contribution in [3.8, 4) is 0 Å². The number of ether oxygens (including phenoxy) is 1. The summed E-state index contributed by atoms with van der Waals surface area (Å²) >= 11 is 5.91. The topological polar surface area (TPSA) is 55.4 Å². The van der Waals surface area contributed by atoms with E-state index in [2.05, 4.69) is 10.1 Å². The maximum absolute atomic E-state index is 12.6. The lowest BCUT2D eigenvalue weighted by molar-refractivity contribution is -0.118. The molecule has 1 aliphatic rings. The lowest BCUT2D eigenvalue weighted by Gasteiger charge is -2.16. The van der Waals surface area contributed by atoms with Gasteiger partial charge in [-0.05, 0) is 54.8 Å². The van der Waals surface area contributed by atoms with Crippen LogP contribution < -0.4 is 5.32 Å². The van der Waals surface area contributed by atoms with E-state index < -0.39 is 11.4 Å². The van der Waals surface area contributed by atoms with Gasteiger partial charge in [0, 0.05) is 10.7 Å². The van der Waals surface area contributed by atoms with E-state index in [4.69, 9.17) is 11.6 Å². The van der Waals surface area contributed by atoms with Crippen LogP contribution in [0.5, 0.6) is 0 Å². The zero-order valence-electron chi connectivity index (χ0n) is 12.6. The molecule has 1 amide bonds. The molecule has 23 heavy (non-hydrogen) atoms. The van der Waals surface area contributed by atoms with E-state index in [1.807, 2.05) is 12.1 Å². The van der Waals surface area contributed by atoms with Gasteiger partial charge in [-0.25, -0.2) is 4.79 Å². The first-order chi connectivity index (χ1) is 11.0. The Morgan fingerprint density at radius 1 is 1.04 bits per heavy atom. The van der Waals surface area contributed by atoms with Crippen molar-refractivity contribution in [1.82, 2.24) is 0 Å². The average Bonchev–Trinajstić information content (AvgIpc) is 3.37. The summed E-state index contributed by atoms with van der Waals surface area (Å²) in [7, 11) is 1.33. The van der Waals surface area contributed by atoms with Crippen LogP contribution in [0.3, 0.4) is 0 Å². The summed E-state index contributed by atoms with van der Waals surface area (Å²) in [6.07, 6.45) is 1.64. The Labute approximate surface area is 139 Å². The number of hydrogen-bond donors (Lipinski definition) is 1. The molecule has 118 valence electrons. The number of hydrogen-bond acceptors (Lipinski definition) is 3. The van der Waals surface area contributed by atoms with Gasteiger partial charge in [-0.1, -0.05) is 23.7 Å². The zero-order chi connectivity index (χ0) is 16.4. The maximum Gasteiger partial charge on any atom is 0.337 e. The first-order valence-electron chi connectivity index (χ1n) is 7.31. The molecule has 0 unspecified atom stereocenters. The van der Waals surface area contributed by atoms with Gasteiger partial charge in [-0.2, -0.15) is 0 Å². The van der Waals surface area contributed by atoms with Crippen LogP contribution in [0.4, 0.5) is 5.69 Å². The van der Waals surface area contributed by atoms with Crippen LogP contribution in [0.25, 0.3) is 0 Å². The van der Waals surface area contributed by atoms with Gasteiger partial charge in [-0.3, -0.25) is 4.79 Å². The molecule has 0 spiro atoms. The van der Waals surface area contributed by atoms with Gasteiger partial charge in [0.15, 0.2) is 0 Å². The van der Waals surface area contributed by atoms with E-state index >= 15 is 0 Å². The Morgan fingerprint density at radius 3 is 2.17 bits per heavy atom. The maximum atomic E-state index is 12.6. The first kappa shape index (κ1) is 15.6. The van der Waals surface area contributed by atoms with Crippen LogP contribution in [0.2, 0.25) is 5.02 Å².